The molecule has 2 aliphatic rings. The molecule has 2 saturated heterocycles. The van der Waals surface area contributed by atoms with Gasteiger partial charge < -0.3 is 14.5 Å². The summed E-state index contributed by atoms with van der Waals surface area (Å²) in [6, 6.07) is 13.3. The summed E-state index contributed by atoms with van der Waals surface area (Å²) in [5.74, 6) is 3.17. The molecule has 0 bridgehead atoms. The van der Waals surface area contributed by atoms with Gasteiger partial charge >= 0.3 is 0 Å². The van der Waals surface area contributed by atoms with Crippen LogP contribution in [0.25, 0.3) is 0 Å². The summed E-state index contributed by atoms with van der Waals surface area (Å²) in [4.78, 5) is 4.39. The van der Waals surface area contributed by atoms with Crippen molar-refractivity contribution in [3.8, 4) is 5.75 Å². The monoisotopic (exact) mass is 445 g/mol. The van der Waals surface area contributed by atoms with E-state index < -0.39 is 10.0 Å². The largest absolute Gasteiger partial charge is 0.492 e. The van der Waals surface area contributed by atoms with Gasteiger partial charge in [0.1, 0.15) is 12.4 Å². The van der Waals surface area contributed by atoms with E-state index in [4.69, 9.17) is 4.74 Å². The van der Waals surface area contributed by atoms with Gasteiger partial charge in [0.2, 0.25) is 10.0 Å². The lowest BCUT2D eigenvalue weighted by Gasteiger charge is -2.35. The number of piperidine rings is 1. The van der Waals surface area contributed by atoms with Crippen molar-refractivity contribution in [3.05, 3.63) is 42.5 Å². The summed E-state index contributed by atoms with van der Waals surface area (Å²) in [6.07, 6.45) is 2.38. The summed E-state index contributed by atoms with van der Waals surface area (Å²) >= 11 is 0. The molecule has 3 heterocycles. The molecule has 2 aliphatic heterocycles. The van der Waals surface area contributed by atoms with Gasteiger partial charge in [-0.25, -0.2) is 8.42 Å². The van der Waals surface area contributed by atoms with Crippen molar-refractivity contribution in [2.24, 2.45) is 5.92 Å². The Hall–Kier alpha value is -2.39. The average Bonchev–Trinajstić information content (AvgIpc) is 2.80. The standard InChI is InChI=1S/C22H31N5O3S/c1-19-9-11-25(12-10-19)21-7-8-22(24-23-21)26-13-15-27(16-14-26)31(28,29)18-17-30-20-5-3-2-4-6-20/h2-8,19H,9-18H2,1H3. The molecule has 168 valence electrons. The van der Waals surface area contributed by atoms with Crippen LogP contribution in [0.4, 0.5) is 11.6 Å². The third kappa shape index (κ3) is 5.65. The molecule has 0 aliphatic carbocycles. The lowest BCUT2D eigenvalue weighted by molar-refractivity contribution is 0.331. The highest BCUT2D eigenvalue weighted by molar-refractivity contribution is 7.89. The van der Waals surface area contributed by atoms with Gasteiger partial charge in [-0.15, -0.1) is 10.2 Å². The molecule has 0 atom stereocenters. The number of benzene rings is 1. The zero-order chi connectivity index (χ0) is 21.7. The summed E-state index contributed by atoms with van der Waals surface area (Å²) < 4.78 is 32.4. The van der Waals surface area contributed by atoms with Gasteiger partial charge in [-0.05, 0) is 43.0 Å². The van der Waals surface area contributed by atoms with Crippen LogP contribution in [0.5, 0.6) is 5.75 Å². The van der Waals surface area contributed by atoms with Crippen LogP contribution in [0, 0.1) is 5.92 Å². The number of piperazine rings is 1. The zero-order valence-corrected chi connectivity index (χ0v) is 18.9. The van der Waals surface area contributed by atoms with Crippen molar-refractivity contribution in [2.45, 2.75) is 19.8 Å². The van der Waals surface area contributed by atoms with E-state index in [2.05, 4.69) is 26.9 Å². The molecule has 4 rings (SSSR count). The Morgan fingerprint density at radius 2 is 1.45 bits per heavy atom. The summed E-state index contributed by atoms with van der Waals surface area (Å²) in [5, 5.41) is 8.84. The second-order valence-corrected chi connectivity index (χ2v) is 10.4. The highest BCUT2D eigenvalue weighted by Crippen LogP contribution is 2.22. The van der Waals surface area contributed by atoms with E-state index in [9.17, 15) is 8.42 Å². The van der Waals surface area contributed by atoms with Gasteiger partial charge in [0.15, 0.2) is 11.6 Å². The minimum Gasteiger partial charge on any atom is -0.492 e. The van der Waals surface area contributed by atoms with Gasteiger partial charge in [0.25, 0.3) is 0 Å². The second kappa shape index (κ2) is 9.82. The first-order valence-electron chi connectivity index (χ1n) is 11.0. The van der Waals surface area contributed by atoms with Crippen molar-refractivity contribution in [3.63, 3.8) is 0 Å². The number of nitrogens with zero attached hydrogens (tertiary/aromatic N) is 5. The Balaban J connectivity index is 1.26. The number of anilines is 2. The molecule has 8 nitrogen and oxygen atoms in total. The van der Waals surface area contributed by atoms with Gasteiger partial charge in [-0.2, -0.15) is 4.31 Å². The maximum absolute atomic E-state index is 12.7. The van der Waals surface area contributed by atoms with Crippen molar-refractivity contribution >= 4 is 21.7 Å². The van der Waals surface area contributed by atoms with Gasteiger partial charge in [-0.3, -0.25) is 0 Å². The van der Waals surface area contributed by atoms with E-state index in [1.807, 2.05) is 42.5 Å². The van der Waals surface area contributed by atoms with Crippen LogP contribution in [0.2, 0.25) is 0 Å². The van der Waals surface area contributed by atoms with E-state index in [1.54, 1.807) is 4.31 Å². The molecule has 0 unspecified atom stereocenters. The quantitative estimate of drug-likeness (QED) is 0.647. The van der Waals surface area contributed by atoms with Crippen molar-refractivity contribution < 1.29 is 13.2 Å². The second-order valence-electron chi connectivity index (χ2n) is 8.28. The first kappa shape index (κ1) is 21.8. The molecule has 31 heavy (non-hydrogen) atoms. The van der Waals surface area contributed by atoms with Crippen molar-refractivity contribution in [1.82, 2.24) is 14.5 Å². The van der Waals surface area contributed by atoms with Gasteiger partial charge in [0, 0.05) is 39.3 Å². The van der Waals surface area contributed by atoms with E-state index in [0.717, 1.165) is 30.6 Å². The SMILES string of the molecule is CC1CCN(c2ccc(N3CCN(S(=O)(=O)CCOc4ccccc4)CC3)nn2)CC1. The molecular formula is C22H31N5O3S. The fraction of sp³-hybridized carbons (Fsp3) is 0.545. The van der Waals surface area contributed by atoms with Crippen LogP contribution in [0.15, 0.2) is 42.5 Å². The molecule has 0 saturated carbocycles. The predicted octanol–water partition coefficient (Wildman–Crippen LogP) is 2.24. The molecule has 0 amide bonds. The van der Waals surface area contributed by atoms with Crippen LogP contribution < -0.4 is 14.5 Å². The van der Waals surface area contributed by atoms with Crippen molar-refractivity contribution in [1.29, 1.82) is 0 Å². The minimum absolute atomic E-state index is 0.0230. The smallest absolute Gasteiger partial charge is 0.217 e. The van der Waals surface area contributed by atoms with Gasteiger partial charge in [-0.1, -0.05) is 25.1 Å². The van der Waals surface area contributed by atoms with Crippen LogP contribution in [-0.2, 0) is 10.0 Å². The molecule has 1 aromatic heterocycles. The van der Waals surface area contributed by atoms with Crippen LogP contribution in [0.3, 0.4) is 0 Å². The average molecular weight is 446 g/mol. The molecule has 2 aromatic rings. The minimum atomic E-state index is -3.35. The fourth-order valence-electron chi connectivity index (χ4n) is 4.00. The first-order valence-corrected chi connectivity index (χ1v) is 12.6. The summed E-state index contributed by atoms with van der Waals surface area (Å²) in [6.45, 7) is 6.60. The lowest BCUT2D eigenvalue weighted by Crippen LogP contribution is -2.50. The Kier molecular flexibility index (Phi) is 6.92. The maximum Gasteiger partial charge on any atom is 0.217 e. The third-order valence-electron chi connectivity index (χ3n) is 6.05. The number of hydrogen-bond donors (Lipinski definition) is 0. The van der Waals surface area contributed by atoms with Crippen LogP contribution in [0.1, 0.15) is 19.8 Å². The fourth-order valence-corrected chi connectivity index (χ4v) is 5.27. The third-order valence-corrected chi connectivity index (χ3v) is 7.89. The van der Waals surface area contributed by atoms with Crippen molar-refractivity contribution in [2.75, 3.05) is 61.4 Å². The maximum atomic E-state index is 12.7. The van der Waals surface area contributed by atoms with Crippen LogP contribution in [-0.4, -0.2) is 74.5 Å². The summed E-state index contributed by atoms with van der Waals surface area (Å²) in [7, 11) is -3.35. The van der Waals surface area contributed by atoms with Crippen LogP contribution >= 0.6 is 0 Å². The normalized spacial score (nSPS) is 18.9. The lowest BCUT2D eigenvalue weighted by atomic mass is 9.99. The molecule has 9 heteroatoms. The number of ether oxygens (including phenoxy) is 1. The highest BCUT2D eigenvalue weighted by atomic mass is 32.2. The number of aromatic nitrogens is 2. The zero-order valence-electron chi connectivity index (χ0n) is 18.1. The topological polar surface area (TPSA) is 78.9 Å². The van der Waals surface area contributed by atoms with E-state index in [0.29, 0.717) is 31.9 Å². The molecule has 0 N–H and O–H groups in total. The number of sulfonamides is 1. The molecule has 0 spiro atoms. The predicted molar refractivity (Wildman–Crippen MR) is 122 cm³/mol. The molecule has 2 fully saturated rings. The molecule has 1 aromatic carbocycles. The Labute approximate surface area is 184 Å². The van der Waals surface area contributed by atoms with Gasteiger partial charge in [0.05, 0.1) is 5.75 Å². The Morgan fingerprint density at radius 1 is 0.871 bits per heavy atom. The number of hydrogen-bond acceptors (Lipinski definition) is 7. The number of para-hydroxylation sites is 1. The number of rotatable bonds is 7. The van der Waals surface area contributed by atoms with E-state index in [1.165, 1.54) is 12.8 Å². The summed E-state index contributed by atoms with van der Waals surface area (Å²) in [5.41, 5.74) is 0. The Morgan fingerprint density at radius 3 is 2.03 bits per heavy atom. The Bertz CT molecular complexity index is 923. The highest BCUT2D eigenvalue weighted by Gasteiger charge is 2.27. The molecular weight excluding hydrogens is 414 g/mol. The van der Waals surface area contributed by atoms with E-state index in [-0.39, 0.29) is 12.4 Å². The molecule has 0 radical (unpaired) electrons. The van der Waals surface area contributed by atoms with E-state index >= 15 is 0 Å². The first-order chi connectivity index (χ1) is 15.0.